The fourth-order valence-corrected chi connectivity index (χ4v) is 5.83. The normalized spacial score (nSPS) is 18.6. The largest absolute Gasteiger partial charge is 0.497 e. The molecule has 2 amide bonds. The molecule has 0 aliphatic carbocycles. The third kappa shape index (κ3) is 6.08. The molecule has 2 aliphatic rings. The summed E-state index contributed by atoms with van der Waals surface area (Å²) >= 11 is 1.53. The van der Waals surface area contributed by atoms with Gasteiger partial charge in [0.2, 0.25) is 5.91 Å². The molecule has 4 rings (SSSR count). The first-order valence-electron chi connectivity index (χ1n) is 12.2. The van der Waals surface area contributed by atoms with Gasteiger partial charge in [0.15, 0.2) is 5.78 Å². The number of benzene rings is 1. The Balaban J connectivity index is 1.25. The van der Waals surface area contributed by atoms with Crippen molar-refractivity contribution in [3.05, 3.63) is 45.9 Å². The average Bonchev–Trinajstić information content (AvgIpc) is 3.57. The molecule has 188 valence electrons. The number of ether oxygens (including phenoxy) is 2. The number of carbonyl (C=O) groups excluding carboxylic acids is 3. The number of nitrogens with zero attached hydrogens (tertiary/aromatic N) is 3. The van der Waals surface area contributed by atoms with Crippen LogP contribution in [0.15, 0.2) is 29.6 Å². The van der Waals surface area contributed by atoms with Crippen LogP contribution in [0.5, 0.6) is 5.75 Å². The molecular formula is C26H33N3O5S. The number of Topliss-reactive ketones (excluding diaryl/α,β-unsaturated/α-hetero) is 1. The lowest BCUT2D eigenvalue weighted by atomic mass is 9.97. The summed E-state index contributed by atoms with van der Waals surface area (Å²) in [6.07, 6.45) is 4.00. The minimum absolute atomic E-state index is 0.0125. The molecule has 2 saturated heterocycles. The van der Waals surface area contributed by atoms with Crippen molar-refractivity contribution in [1.82, 2.24) is 14.8 Å². The minimum atomic E-state index is -0.0402. The zero-order valence-electron chi connectivity index (χ0n) is 20.4. The van der Waals surface area contributed by atoms with Crippen LogP contribution in [0.1, 0.15) is 70.3 Å². The Kier molecular flexibility index (Phi) is 8.51. The number of aromatic nitrogens is 1. The number of likely N-dealkylation sites (tertiary alicyclic amines) is 2. The molecule has 2 fully saturated rings. The van der Waals surface area contributed by atoms with Gasteiger partial charge in [-0.15, -0.1) is 11.3 Å². The first-order chi connectivity index (χ1) is 17.0. The number of hydrogen-bond donors (Lipinski definition) is 0. The second-order valence-corrected chi connectivity index (χ2v) is 10.0. The topological polar surface area (TPSA) is 89.0 Å². The second-order valence-electron chi connectivity index (χ2n) is 9.13. The Bertz CT molecular complexity index is 1030. The molecule has 2 aromatic rings. The molecule has 8 nitrogen and oxygen atoms in total. The molecule has 0 radical (unpaired) electrons. The second kappa shape index (κ2) is 11.8. The van der Waals surface area contributed by atoms with Gasteiger partial charge in [-0.2, -0.15) is 0 Å². The van der Waals surface area contributed by atoms with Crippen molar-refractivity contribution < 1.29 is 23.9 Å². The highest BCUT2D eigenvalue weighted by Crippen LogP contribution is 2.31. The van der Waals surface area contributed by atoms with Crippen LogP contribution in [0, 0.1) is 0 Å². The fraction of sp³-hybridized carbons (Fsp3) is 0.538. The summed E-state index contributed by atoms with van der Waals surface area (Å²) in [5, 5.41) is 2.83. The quantitative estimate of drug-likeness (QED) is 0.488. The van der Waals surface area contributed by atoms with Crippen LogP contribution in [0.4, 0.5) is 0 Å². The van der Waals surface area contributed by atoms with Crippen molar-refractivity contribution in [3.63, 3.8) is 0 Å². The highest BCUT2D eigenvalue weighted by atomic mass is 32.1. The number of ketones is 1. The standard InChI is InChI=1S/C26H33N3O5S/c1-33-16-20-4-3-13-29(20)26(32)22-17-35-25(27-22)19-11-14-28(15-12-19)24(31)10-9-23(30)18-5-7-21(34-2)8-6-18/h5-8,17,19-20H,3-4,9-16H2,1-2H3. The monoisotopic (exact) mass is 499 g/mol. The molecule has 1 unspecified atom stereocenters. The molecule has 1 aromatic heterocycles. The number of piperidine rings is 1. The number of hydrogen-bond acceptors (Lipinski definition) is 7. The maximum Gasteiger partial charge on any atom is 0.273 e. The average molecular weight is 500 g/mol. The van der Waals surface area contributed by atoms with Gasteiger partial charge in [-0.3, -0.25) is 14.4 Å². The van der Waals surface area contributed by atoms with E-state index < -0.39 is 0 Å². The van der Waals surface area contributed by atoms with Crippen molar-refractivity contribution in [2.75, 3.05) is 40.5 Å². The number of carbonyl (C=O) groups is 3. The molecule has 2 aliphatic heterocycles. The van der Waals surface area contributed by atoms with E-state index in [1.807, 2.05) is 15.2 Å². The third-order valence-corrected chi connectivity index (χ3v) is 7.92. The summed E-state index contributed by atoms with van der Waals surface area (Å²) in [7, 11) is 3.25. The van der Waals surface area contributed by atoms with Gasteiger partial charge in [-0.05, 0) is 49.9 Å². The van der Waals surface area contributed by atoms with Gasteiger partial charge in [-0.1, -0.05) is 0 Å². The van der Waals surface area contributed by atoms with Gasteiger partial charge in [-0.25, -0.2) is 4.98 Å². The molecule has 0 saturated carbocycles. The summed E-state index contributed by atoms with van der Waals surface area (Å²) in [6, 6.07) is 7.08. The molecule has 0 bridgehead atoms. The molecule has 35 heavy (non-hydrogen) atoms. The maximum atomic E-state index is 13.0. The van der Waals surface area contributed by atoms with Gasteiger partial charge in [0.05, 0.1) is 24.8 Å². The van der Waals surface area contributed by atoms with Crippen molar-refractivity contribution >= 4 is 28.9 Å². The van der Waals surface area contributed by atoms with Crippen LogP contribution >= 0.6 is 11.3 Å². The SMILES string of the molecule is COCC1CCCN1C(=O)c1csc(C2CCN(C(=O)CCC(=O)c3ccc(OC)cc3)CC2)n1. The smallest absolute Gasteiger partial charge is 0.273 e. The zero-order valence-corrected chi connectivity index (χ0v) is 21.2. The number of rotatable bonds is 9. The van der Waals surface area contributed by atoms with Crippen molar-refractivity contribution in [2.45, 2.75) is 50.5 Å². The van der Waals surface area contributed by atoms with Crippen LogP contribution < -0.4 is 4.74 Å². The van der Waals surface area contributed by atoms with Crippen molar-refractivity contribution in [2.24, 2.45) is 0 Å². The molecule has 0 spiro atoms. The van der Waals surface area contributed by atoms with E-state index in [0.29, 0.717) is 36.7 Å². The van der Waals surface area contributed by atoms with Crippen LogP contribution in [0.2, 0.25) is 0 Å². The highest BCUT2D eigenvalue weighted by molar-refractivity contribution is 7.09. The maximum absolute atomic E-state index is 13.0. The molecule has 3 heterocycles. The predicted molar refractivity (Wildman–Crippen MR) is 133 cm³/mol. The zero-order chi connectivity index (χ0) is 24.8. The molecule has 0 N–H and O–H groups in total. The van der Waals surface area contributed by atoms with Crippen LogP contribution in [0.3, 0.4) is 0 Å². The van der Waals surface area contributed by atoms with Crippen LogP contribution in [-0.4, -0.2) is 78.9 Å². The third-order valence-electron chi connectivity index (χ3n) is 6.91. The van der Waals surface area contributed by atoms with E-state index in [0.717, 1.165) is 37.2 Å². The van der Waals surface area contributed by atoms with E-state index in [9.17, 15) is 14.4 Å². The Morgan fingerprint density at radius 1 is 1.03 bits per heavy atom. The predicted octanol–water partition coefficient (Wildman–Crippen LogP) is 3.77. The van der Waals surface area contributed by atoms with Gasteiger partial charge in [0.1, 0.15) is 11.4 Å². The lowest BCUT2D eigenvalue weighted by Gasteiger charge is -2.31. The van der Waals surface area contributed by atoms with Crippen molar-refractivity contribution in [1.29, 1.82) is 0 Å². The van der Waals surface area contributed by atoms with E-state index in [1.165, 1.54) is 11.3 Å². The summed E-state index contributed by atoms with van der Waals surface area (Å²) in [6.45, 7) is 2.60. The Morgan fingerprint density at radius 2 is 1.77 bits per heavy atom. The highest BCUT2D eigenvalue weighted by Gasteiger charge is 2.32. The van der Waals surface area contributed by atoms with Crippen molar-refractivity contribution in [3.8, 4) is 5.75 Å². The number of thiazole rings is 1. The molecular weight excluding hydrogens is 466 g/mol. The van der Waals surface area contributed by atoms with E-state index in [1.54, 1.807) is 38.5 Å². The lowest BCUT2D eigenvalue weighted by molar-refractivity contribution is -0.132. The van der Waals surface area contributed by atoms with E-state index >= 15 is 0 Å². The number of amides is 2. The van der Waals surface area contributed by atoms with Gasteiger partial charge in [0.25, 0.3) is 5.91 Å². The van der Waals surface area contributed by atoms with Crippen LogP contribution in [0.25, 0.3) is 0 Å². The summed E-state index contributed by atoms with van der Waals surface area (Å²) in [5.41, 5.74) is 1.11. The summed E-state index contributed by atoms with van der Waals surface area (Å²) in [5.74, 6) is 0.907. The Hall–Kier alpha value is -2.78. The first kappa shape index (κ1) is 25.3. The minimum Gasteiger partial charge on any atom is -0.497 e. The van der Waals surface area contributed by atoms with E-state index in [4.69, 9.17) is 9.47 Å². The van der Waals surface area contributed by atoms with Gasteiger partial charge in [0, 0.05) is 56.4 Å². The lowest BCUT2D eigenvalue weighted by Crippen LogP contribution is -2.38. The summed E-state index contributed by atoms with van der Waals surface area (Å²) in [4.78, 5) is 46.5. The van der Waals surface area contributed by atoms with E-state index in [2.05, 4.69) is 4.98 Å². The summed E-state index contributed by atoms with van der Waals surface area (Å²) < 4.78 is 10.4. The Labute approximate surface area is 210 Å². The van der Waals surface area contributed by atoms with Gasteiger partial charge >= 0.3 is 0 Å². The van der Waals surface area contributed by atoms with E-state index in [-0.39, 0.29) is 42.4 Å². The van der Waals surface area contributed by atoms with Crippen LogP contribution in [-0.2, 0) is 9.53 Å². The molecule has 1 atom stereocenters. The number of methoxy groups -OCH3 is 2. The fourth-order valence-electron chi connectivity index (χ4n) is 4.86. The van der Waals surface area contributed by atoms with Gasteiger partial charge < -0.3 is 19.3 Å². The molecule has 9 heteroatoms. The first-order valence-corrected chi connectivity index (χ1v) is 13.1. The molecule has 1 aromatic carbocycles. The Morgan fingerprint density at radius 3 is 2.46 bits per heavy atom.